The molecule has 3 N–H and O–H groups in total. The lowest BCUT2D eigenvalue weighted by Crippen LogP contribution is -2.44. The third kappa shape index (κ3) is 4.31. The molecule has 0 aliphatic heterocycles. The molecule has 1 unspecified atom stereocenters. The zero-order valence-corrected chi connectivity index (χ0v) is 11.6. The van der Waals surface area contributed by atoms with Crippen LogP contribution >= 0.6 is 23.2 Å². The summed E-state index contributed by atoms with van der Waals surface area (Å²) in [6.07, 6.45) is -1.25. The van der Waals surface area contributed by atoms with Crippen molar-refractivity contribution in [3.05, 3.63) is 39.9 Å². The summed E-state index contributed by atoms with van der Waals surface area (Å²) in [5.41, 5.74) is 0.169. The number of nitrogens with one attached hydrogen (secondary N) is 1. The highest BCUT2D eigenvalue weighted by Gasteiger charge is 2.24. The molecule has 110 valence electrons. The minimum Gasteiger partial charge on any atom is -0.394 e. The van der Waals surface area contributed by atoms with Crippen LogP contribution in [0.2, 0.25) is 0 Å². The van der Waals surface area contributed by atoms with E-state index in [2.05, 4.69) is 5.32 Å². The average molecular weight is 323 g/mol. The van der Waals surface area contributed by atoms with E-state index in [0.29, 0.717) is 5.56 Å². The Balaban J connectivity index is 2.82. The summed E-state index contributed by atoms with van der Waals surface area (Å²) in [6, 6.07) is 4.05. The molecule has 0 saturated carbocycles. The maximum Gasteiger partial charge on any atom is 0.269 e. The Kier molecular flexibility index (Phi) is 6.15. The first-order valence-corrected chi connectivity index (χ1v) is 6.36. The van der Waals surface area contributed by atoms with Crippen molar-refractivity contribution in [2.45, 2.75) is 17.0 Å². The Labute approximate surface area is 124 Å². The van der Waals surface area contributed by atoms with E-state index in [0.717, 1.165) is 0 Å². The van der Waals surface area contributed by atoms with Gasteiger partial charge in [-0.05, 0) is 17.7 Å². The van der Waals surface area contributed by atoms with Gasteiger partial charge in [0.05, 0.1) is 17.6 Å². The topological polar surface area (TPSA) is 113 Å². The standard InChI is InChI=1S/C11H12Cl2N2O5/c12-10(13)11(18)14-8(5-16)9(17)6-1-3-7(4-2-6)15(19)20/h1-4,8-10,16-17H,5H2,(H,14,18)/t8-,9?/m1/s1. The van der Waals surface area contributed by atoms with Gasteiger partial charge in [-0.25, -0.2) is 0 Å². The Bertz CT molecular complexity index is 480. The van der Waals surface area contributed by atoms with Crippen molar-refractivity contribution in [2.24, 2.45) is 0 Å². The first-order valence-electron chi connectivity index (χ1n) is 5.48. The van der Waals surface area contributed by atoms with Crippen molar-refractivity contribution in [1.82, 2.24) is 5.32 Å². The number of hydrogen-bond donors (Lipinski definition) is 3. The number of hydrogen-bond acceptors (Lipinski definition) is 5. The summed E-state index contributed by atoms with van der Waals surface area (Å²) < 4.78 is 0. The Morgan fingerprint density at radius 2 is 1.90 bits per heavy atom. The van der Waals surface area contributed by atoms with E-state index in [4.69, 9.17) is 28.3 Å². The van der Waals surface area contributed by atoms with Crippen LogP contribution in [0.3, 0.4) is 0 Å². The second-order valence-corrected chi connectivity index (χ2v) is 4.99. The van der Waals surface area contributed by atoms with Crippen LogP contribution in [-0.4, -0.2) is 38.5 Å². The number of carbonyl (C=O) groups excluding carboxylic acids is 1. The monoisotopic (exact) mass is 322 g/mol. The lowest BCUT2D eigenvalue weighted by Gasteiger charge is -2.22. The molecule has 7 nitrogen and oxygen atoms in total. The summed E-state index contributed by atoms with van der Waals surface area (Å²) >= 11 is 10.7. The zero-order chi connectivity index (χ0) is 15.3. The Hall–Kier alpha value is -1.41. The van der Waals surface area contributed by atoms with E-state index in [9.17, 15) is 20.0 Å². The predicted molar refractivity (Wildman–Crippen MR) is 72.6 cm³/mol. The number of halogens is 2. The summed E-state index contributed by atoms with van der Waals surface area (Å²) in [5.74, 6) is -0.756. The molecule has 9 heteroatoms. The second kappa shape index (κ2) is 7.39. The highest BCUT2D eigenvalue weighted by atomic mass is 35.5. The van der Waals surface area contributed by atoms with Gasteiger partial charge in [-0.3, -0.25) is 14.9 Å². The van der Waals surface area contributed by atoms with E-state index >= 15 is 0 Å². The Morgan fingerprint density at radius 1 is 1.35 bits per heavy atom. The summed E-state index contributed by atoms with van der Waals surface area (Å²) in [4.78, 5) is 19.9. The number of amides is 1. The fraction of sp³-hybridized carbons (Fsp3) is 0.364. The maximum absolute atomic E-state index is 11.3. The number of benzene rings is 1. The van der Waals surface area contributed by atoms with Gasteiger partial charge in [0.15, 0.2) is 4.84 Å². The van der Waals surface area contributed by atoms with Gasteiger partial charge in [0, 0.05) is 12.1 Å². The maximum atomic E-state index is 11.3. The van der Waals surface area contributed by atoms with Crippen molar-refractivity contribution in [2.75, 3.05) is 6.61 Å². The molecule has 0 heterocycles. The molecule has 2 atom stereocenters. The van der Waals surface area contributed by atoms with Crippen molar-refractivity contribution in [1.29, 1.82) is 0 Å². The van der Waals surface area contributed by atoms with E-state index in [1.54, 1.807) is 0 Å². The van der Waals surface area contributed by atoms with Crippen LogP contribution in [0.5, 0.6) is 0 Å². The Morgan fingerprint density at radius 3 is 2.30 bits per heavy atom. The molecule has 0 fully saturated rings. The molecular weight excluding hydrogens is 311 g/mol. The number of nitro groups is 1. The lowest BCUT2D eigenvalue weighted by atomic mass is 10.0. The van der Waals surface area contributed by atoms with Gasteiger partial charge in [-0.1, -0.05) is 23.2 Å². The number of non-ortho nitro benzene ring substituents is 1. The molecule has 0 spiro atoms. The zero-order valence-electron chi connectivity index (χ0n) is 10.1. The van der Waals surface area contributed by atoms with E-state index in [-0.39, 0.29) is 5.69 Å². The molecule has 0 aliphatic carbocycles. The van der Waals surface area contributed by atoms with E-state index in [1.165, 1.54) is 24.3 Å². The minimum atomic E-state index is -1.33. The SMILES string of the molecule is O=C(N[C@H](CO)C(O)c1ccc([N+](=O)[O-])cc1)C(Cl)Cl. The molecule has 0 bridgehead atoms. The van der Waals surface area contributed by atoms with Gasteiger partial charge in [-0.2, -0.15) is 0 Å². The van der Waals surface area contributed by atoms with Crippen LogP contribution in [0.1, 0.15) is 11.7 Å². The van der Waals surface area contributed by atoms with Gasteiger partial charge < -0.3 is 15.5 Å². The quantitative estimate of drug-likeness (QED) is 0.409. The fourth-order valence-electron chi connectivity index (χ4n) is 1.50. The van der Waals surface area contributed by atoms with E-state index in [1.807, 2.05) is 0 Å². The lowest BCUT2D eigenvalue weighted by molar-refractivity contribution is -0.384. The molecule has 0 aromatic heterocycles. The van der Waals surface area contributed by atoms with Gasteiger partial charge in [-0.15, -0.1) is 0 Å². The molecule has 0 radical (unpaired) electrons. The van der Waals surface area contributed by atoms with Crippen LogP contribution < -0.4 is 5.32 Å². The number of carbonyl (C=O) groups is 1. The molecular formula is C11H12Cl2N2O5. The van der Waals surface area contributed by atoms with Crippen LogP contribution in [0, 0.1) is 10.1 Å². The van der Waals surface area contributed by atoms with Gasteiger partial charge in [0.25, 0.3) is 11.6 Å². The molecule has 20 heavy (non-hydrogen) atoms. The molecule has 1 rings (SSSR count). The molecule has 0 saturated heterocycles. The van der Waals surface area contributed by atoms with Crippen LogP contribution in [0.4, 0.5) is 5.69 Å². The third-order valence-electron chi connectivity index (χ3n) is 2.55. The van der Waals surface area contributed by atoms with Crippen molar-refractivity contribution in [3.8, 4) is 0 Å². The third-order valence-corrected chi connectivity index (χ3v) is 2.95. The summed E-state index contributed by atoms with van der Waals surface area (Å²) in [6.45, 7) is -0.551. The summed E-state index contributed by atoms with van der Waals surface area (Å²) in [5, 5.41) is 31.9. The molecule has 0 aliphatic rings. The molecule has 1 aromatic rings. The summed E-state index contributed by atoms with van der Waals surface area (Å²) in [7, 11) is 0. The number of nitro benzene ring substituents is 1. The second-order valence-electron chi connectivity index (χ2n) is 3.89. The van der Waals surface area contributed by atoms with Gasteiger partial charge in [0.2, 0.25) is 0 Å². The van der Waals surface area contributed by atoms with E-state index < -0.39 is 34.4 Å². The highest BCUT2D eigenvalue weighted by molar-refractivity contribution is 6.53. The smallest absolute Gasteiger partial charge is 0.269 e. The van der Waals surface area contributed by atoms with Crippen molar-refractivity contribution >= 4 is 34.8 Å². The number of nitrogens with zero attached hydrogens (tertiary/aromatic N) is 1. The van der Waals surface area contributed by atoms with Gasteiger partial charge >= 0.3 is 0 Å². The van der Waals surface area contributed by atoms with Crippen LogP contribution in [-0.2, 0) is 4.79 Å². The van der Waals surface area contributed by atoms with Crippen molar-refractivity contribution in [3.63, 3.8) is 0 Å². The first kappa shape index (κ1) is 16.6. The van der Waals surface area contributed by atoms with Gasteiger partial charge in [0.1, 0.15) is 6.10 Å². The number of rotatable bonds is 6. The number of aliphatic hydroxyl groups is 2. The highest BCUT2D eigenvalue weighted by Crippen LogP contribution is 2.20. The number of alkyl halides is 2. The molecule has 1 amide bonds. The fourth-order valence-corrected chi connectivity index (χ4v) is 1.62. The molecule has 1 aromatic carbocycles. The minimum absolute atomic E-state index is 0.132. The largest absolute Gasteiger partial charge is 0.394 e. The predicted octanol–water partition coefficient (Wildman–Crippen LogP) is 0.909. The van der Waals surface area contributed by atoms with Crippen LogP contribution in [0.15, 0.2) is 24.3 Å². The average Bonchev–Trinajstić information content (AvgIpc) is 2.43. The first-order chi connectivity index (χ1) is 9.36. The number of aliphatic hydroxyl groups excluding tert-OH is 2. The normalized spacial score (nSPS) is 13.8. The van der Waals surface area contributed by atoms with Crippen LogP contribution in [0.25, 0.3) is 0 Å². The van der Waals surface area contributed by atoms with Crippen molar-refractivity contribution < 1.29 is 19.9 Å².